The highest BCUT2D eigenvalue weighted by Crippen LogP contribution is 2.32. The van der Waals surface area contributed by atoms with Crippen molar-refractivity contribution in [3.63, 3.8) is 0 Å². The molecule has 0 saturated carbocycles. The summed E-state index contributed by atoms with van der Waals surface area (Å²) in [6.45, 7) is 3.94. The smallest absolute Gasteiger partial charge is 0.175 e. The summed E-state index contributed by atoms with van der Waals surface area (Å²) < 4.78 is 22.2. The lowest BCUT2D eigenvalue weighted by Crippen LogP contribution is -2.19. The van der Waals surface area contributed by atoms with Crippen molar-refractivity contribution in [2.75, 3.05) is 12.9 Å². The molecule has 0 spiro atoms. The molecular formula is C11H16O3S2. The largest absolute Gasteiger partial charge is 0.395 e. The molecule has 1 N–H and O–H groups in total. The second kappa shape index (κ2) is 4.77. The van der Waals surface area contributed by atoms with Crippen LogP contribution in [0.2, 0.25) is 0 Å². The summed E-state index contributed by atoms with van der Waals surface area (Å²) in [5, 5.41) is 9.12. The molecule has 0 atom stereocenters. The Morgan fingerprint density at radius 2 is 1.75 bits per heavy atom. The zero-order valence-corrected chi connectivity index (χ0v) is 11.2. The molecule has 3 nitrogen and oxygen atoms in total. The number of hydrogen-bond acceptors (Lipinski definition) is 4. The first kappa shape index (κ1) is 13.5. The molecule has 0 bridgehead atoms. The Labute approximate surface area is 101 Å². The molecule has 90 valence electrons. The Morgan fingerprint density at radius 1 is 1.25 bits per heavy atom. The number of sulfone groups is 1. The van der Waals surface area contributed by atoms with E-state index in [1.807, 2.05) is 13.8 Å². The second-order valence-electron chi connectivity index (χ2n) is 4.26. The van der Waals surface area contributed by atoms with E-state index >= 15 is 0 Å². The number of thioether (sulfide) groups is 1. The van der Waals surface area contributed by atoms with Crippen LogP contribution >= 0.6 is 11.8 Å². The van der Waals surface area contributed by atoms with Crippen molar-refractivity contribution in [1.29, 1.82) is 0 Å². The normalized spacial score (nSPS) is 12.8. The van der Waals surface area contributed by atoms with E-state index in [1.54, 1.807) is 24.3 Å². The molecule has 0 saturated heterocycles. The van der Waals surface area contributed by atoms with Crippen LogP contribution in [0.1, 0.15) is 13.8 Å². The van der Waals surface area contributed by atoms with Crippen LogP contribution in [0, 0.1) is 0 Å². The van der Waals surface area contributed by atoms with Crippen LogP contribution < -0.4 is 0 Å². The number of benzene rings is 1. The van der Waals surface area contributed by atoms with Gasteiger partial charge in [0.1, 0.15) is 0 Å². The van der Waals surface area contributed by atoms with Crippen molar-refractivity contribution in [1.82, 2.24) is 0 Å². The maximum Gasteiger partial charge on any atom is 0.175 e. The Balaban J connectivity index is 2.89. The third-order valence-corrected chi connectivity index (χ3v) is 4.34. The average Bonchev–Trinajstić information content (AvgIpc) is 2.16. The monoisotopic (exact) mass is 260 g/mol. The van der Waals surface area contributed by atoms with Gasteiger partial charge in [-0.05, 0) is 38.1 Å². The van der Waals surface area contributed by atoms with Gasteiger partial charge >= 0.3 is 0 Å². The molecule has 0 aromatic heterocycles. The van der Waals surface area contributed by atoms with Gasteiger partial charge in [0.15, 0.2) is 9.84 Å². The molecule has 1 rings (SSSR count). The van der Waals surface area contributed by atoms with Crippen LogP contribution in [0.5, 0.6) is 0 Å². The summed E-state index contributed by atoms with van der Waals surface area (Å²) in [5.41, 5.74) is 0. The molecule has 0 aliphatic carbocycles. The maximum atomic E-state index is 11.2. The van der Waals surface area contributed by atoms with Gasteiger partial charge in [-0.15, -0.1) is 11.8 Å². The van der Waals surface area contributed by atoms with Gasteiger partial charge in [0.2, 0.25) is 0 Å². The fourth-order valence-electron chi connectivity index (χ4n) is 1.11. The van der Waals surface area contributed by atoms with Crippen molar-refractivity contribution >= 4 is 21.6 Å². The van der Waals surface area contributed by atoms with Crippen molar-refractivity contribution in [2.45, 2.75) is 28.4 Å². The summed E-state index contributed by atoms with van der Waals surface area (Å²) in [6.07, 6.45) is 1.19. The highest BCUT2D eigenvalue weighted by molar-refractivity contribution is 8.00. The van der Waals surface area contributed by atoms with Gasteiger partial charge in [0.05, 0.1) is 11.5 Å². The summed E-state index contributed by atoms with van der Waals surface area (Å²) >= 11 is 1.52. The lowest BCUT2D eigenvalue weighted by molar-refractivity contribution is 0.265. The SMILES string of the molecule is CC(C)(CO)Sc1ccc(S(C)(=O)=O)cc1. The molecule has 0 aliphatic rings. The second-order valence-corrected chi connectivity index (χ2v) is 8.06. The van der Waals surface area contributed by atoms with Gasteiger partial charge in [-0.2, -0.15) is 0 Å². The average molecular weight is 260 g/mol. The Bertz CT molecular complexity index is 447. The fourth-order valence-corrected chi connectivity index (χ4v) is 2.71. The Morgan fingerprint density at radius 3 is 2.12 bits per heavy atom. The van der Waals surface area contributed by atoms with Crippen molar-refractivity contribution in [2.24, 2.45) is 0 Å². The Kier molecular flexibility index (Phi) is 4.04. The summed E-state index contributed by atoms with van der Waals surface area (Å²) in [6, 6.07) is 6.70. The van der Waals surface area contributed by atoms with Crippen molar-refractivity contribution in [3.05, 3.63) is 24.3 Å². The van der Waals surface area contributed by atoms with Gasteiger partial charge in [0.25, 0.3) is 0 Å². The molecule has 0 aliphatic heterocycles. The molecule has 0 radical (unpaired) electrons. The van der Waals surface area contributed by atoms with E-state index in [2.05, 4.69) is 0 Å². The number of rotatable bonds is 4. The van der Waals surface area contributed by atoms with Crippen LogP contribution in [0.4, 0.5) is 0 Å². The van der Waals surface area contributed by atoms with E-state index in [0.29, 0.717) is 4.90 Å². The van der Waals surface area contributed by atoms with E-state index in [0.717, 1.165) is 4.90 Å². The third-order valence-electron chi connectivity index (χ3n) is 2.03. The van der Waals surface area contributed by atoms with E-state index in [4.69, 9.17) is 5.11 Å². The van der Waals surface area contributed by atoms with Crippen molar-refractivity contribution < 1.29 is 13.5 Å². The topological polar surface area (TPSA) is 54.4 Å². The summed E-state index contributed by atoms with van der Waals surface area (Å²) in [5.74, 6) is 0. The van der Waals surface area contributed by atoms with Crippen molar-refractivity contribution in [3.8, 4) is 0 Å². The Hall–Kier alpha value is -0.520. The number of hydrogen-bond donors (Lipinski definition) is 1. The minimum Gasteiger partial charge on any atom is -0.395 e. The zero-order chi connectivity index (χ0) is 12.4. The predicted molar refractivity (Wildman–Crippen MR) is 66.6 cm³/mol. The minimum atomic E-state index is -3.13. The first-order valence-electron chi connectivity index (χ1n) is 4.85. The van der Waals surface area contributed by atoms with Gasteiger partial charge < -0.3 is 5.11 Å². The molecule has 1 aromatic rings. The molecule has 1 aromatic carbocycles. The third kappa shape index (κ3) is 3.81. The quantitative estimate of drug-likeness (QED) is 0.841. The number of aliphatic hydroxyl groups excluding tert-OH is 1. The molecule has 0 fully saturated rings. The van der Waals surface area contributed by atoms with Crippen LogP contribution in [0.15, 0.2) is 34.1 Å². The van der Waals surface area contributed by atoms with Crippen LogP contribution in [0.3, 0.4) is 0 Å². The van der Waals surface area contributed by atoms with E-state index < -0.39 is 9.84 Å². The molecule has 0 unspecified atom stereocenters. The van der Waals surface area contributed by atoms with E-state index in [1.165, 1.54) is 18.0 Å². The lowest BCUT2D eigenvalue weighted by Gasteiger charge is -2.20. The summed E-state index contributed by atoms with van der Waals surface area (Å²) in [4.78, 5) is 1.27. The highest BCUT2D eigenvalue weighted by atomic mass is 32.2. The van der Waals surface area contributed by atoms with Gasteiger partial charge in [-0.3, -0.25) is 0 Å². The first-order valence-corrected chi connectivity index (χ1v) is 7.55. The lowest BCUT2D eigenvalue weighted by atomic mass is 10.2. The van der Waals surface area contributed by atoms with E-state index in [9.17, 15) is 8.42 Å². The standard InChI is InChI=1S/C11H16O3S2/c1-11(2,8-12)15-9-4-6-10(7-5-9)16(3,13)14/h4-7,12H,8H2,1-3H3. The summed E-state index contributed by atoms with van der Waals surface area (Å²) in [7, 11) is -3.13. The molecule has 0 amide bonds. The van der Waals surface area contributed by atoms with Crippen LogP contribution in [-0.2, 0) is 9.84 Å². The van der Waals surface area contributed by atoms with Crippen LogP contribution in [0.25, 0.3) is 0 Å². The predicted octanol–water partition coefficient (Wildman–Crippen LogP) is 1.95. The fraction of sp³-hybridized carbons (Fsp3) is 0.455. The van der Waals surface area contributed by atoms with Gasteiger partial charge in [-0.25, -0.2) is 8.42 Å². The van der Waals surface area contributed by atoms with Gasteiger partial charge in [0, 0.05) is 15.9 Å². The van der Waals surface area contributed by atoms with E-state index in [-0.39, 0.29) is 11.4 Å². The van der Waals surface area contributed by atoms with Gasteiger partial charge in [-0.1, -0.05) is 0 Å². The zero-order valence-electron chi connectivity index (χ0n) is 9.60. The molecule has 5 heteroatoms. The molecule has 0 heterocycles. The molecular weight excluding hydrogens is 244 g/mol. The first-order chi connectivity index (χ1) is 7.24. The maximum absolute atomic E-state index is 11.2. The highest BCUT2D eigenvalue weighted by Gasteiger charge is 2.18. The minimum absolute atomic E-state index is 0.0749. The molecule has 16 heavy (non-hydrogen) atoms. The van der Waals surface area contributed by atoms with Crippen LogP contribution in [-0.4, -0.2) is 31.1 Å². The number of aliphatic hydroxyl groups is 1.